The fraction of sp³-hybridized carbons (Fsp3) is 0.778. The summed E-state index contributed by atoms with van der Waals surface area (Å²) in [5.74, 6) is 0. The highest BCUT2D eigenvalue weighted by molar-refractivity contribution is 8.02. The van der Waals surface area contributed by atoms with Crippen LogP contribution in [0.5, 0.6) is 0 Å². The maximum Gasteiger partial charge on any atom is 0.323 e. The molecule has 1 fully saturated rings. The summed E-state index contributed by atoms with van der Waals surface area (Å²) < 4.78 is 76.1. The molecule has 24 heavy (non-hydrogen) atoms. The molecule has 1 aromatic heterocycles. The summed E-state index contributed by atoms with van der Waals surface area (Å²) in [6.45, 7) is 0. The number of rotatable bonds is 7. The second-order valence-electron chi connectivity index (χ2n) is 5.44. The van der Waals surface area contributed by atoms with E-state index in [2.05, 4.69) is 10.1 Å². The van der Waals surface area contributed by atoms with Gasteiger partial charge in [-0.25, -0.2) is 13.4 Å². The molecule has 1 aliphatic carbocycles. The van der Waals surface area contributed by atoms with Gasteiger partial charge in [0.2, 0.25) is 0 Å². The molecule has 0 spiro atoms. The van der Waals surface area contributed by atoms with Crippen LogP contribution in [0.4, 0.5) is 0 Å². The third-order valence-corrected chi connectivity index (χ3v) is 8.97. The van der Waals surface area contributed by atoms with E-state index in [1.54, 1.807) is 0 Å². The summed E-state index contributed by atoms with van der Waals surface area (Å²) in [6, 6.07) is -0.722. The van der Waals surface area contributed by atoms with Crippen LogP contribution in [0.25, 0.3) is 0 Å². The van der Waals surface area contributed by atoms with Crippen LogP contribution in [-0.4, -0.2) is 86.0 Å². The van der Waals surface area contributed by atoms with Crippen molar-refractivity contribution in [3.63, 3.8) is 0 Å². The maximum absolute atomic E-state index is 12.6. The van der Waals surface area contributed by atoms with Crippen molar-refractivity contribution < 1.29 is 25.3 Å². The lowest BCUT2D eigenvalue weighted by Crippen LogP contribution is -2.45. The number of hydrogen-bond acceptors (Lipinski definition) is 8. The minimum absolute atomic E-state index is 0.335. The highest BCUT2D eigenvalue weighted by Gasteiger charge is 2.49. The van der Waals surface area contributed by atoms with E-state index in [1.165, 1.54) is 28.2 Å². The van der Waals surface area contributed by atoms with Gasteiger partial charge in [0, 0.05) is 34.2 Å². The highest BCUT2D eigenvalue weighted by Crippen LogP contribution is 2.34. The molecule has 0 N–H and O–H groups in total. The molecule has 1 heterocycles. The molecule has 1 saturated carbocycles. The minimum Gasteiger partial charge on any atom is -0.203 e. The minimum atomic E-state index is -4.63. The van der Waals surface area contributed by atoms with Gasteiger partial charge in [-0.3, -0.25) is 0 Å². The summed E-state index contributed by atoms with van der Waals surface area (Å²) in [5.41, 5.74) is 0. The van der Waals surface area contributed by atoms with Crippen LogP contribution in [0, 0.1) is 0 Å². The molecule has 12 nitrogen and oxygen atoms in total. The summed E-state index contributed by atoms with van der Waals surface area (Å²) in [7, 11) is -8.12. The molecule has 2 rings (SSSR count). The van der Waals surface area contributed by atoms with Gasteiger partial charge >= 0.3 is 10.2 Å². The van der Waals surface area contributed by atoms with Crippen LogP contribution in [0.15, 0.2) is 11.5 Å². The Labute approximate surface area is 141 Å². The fourth-order valence-electron chi connectivity index (χ4n) is 1.67. The van der Waals surface area contributed by atoms with Crippen molar-refractivity contribution >= 4 is 30.4 Å². The van der Waals surface area contributed by atoms with Gasteiger partial charge in [-0.2, -0.15) is 25.4 Å². The van der Waals surface area contributed by atoms with E-state index in [4.69, 9.17) is 0 Å². The smallest absolute Gasteiger partial charge is 0.203 e. The Morgan fingerprint density at radius 3 is 1.96 bits per heavy atom. The summed E-state index contributed by atoms with van der Waals surface area (Å²) in [5, 5.41) is 2.54. The average Bonchev–Trinajstić information content (AvgIpc) is 3.10. The van der Waals surface area contributed by atoms with Gasteiger partial charge in [-0.15, -0.1) is 9.19 Å². The van der Waals surface area contributed by atoms with Crippen LogP contribution >= 0.6 is 0 Å². The monoisotopic (exact) mass is 402 g/mol. The second-order valence-corrected chi connectivity index (χ2v) is 11.4. The van der Waals surface area contributed by atoms with Crippen molar-refractivity contribution in [2.45, 2.75) is 24.0 Å². The zero-order valence-electron chi connectivity index (χ0n) is 13.4. The van der Waals surface area contributed by atoms with E-state index in [-0.39, 0.29) is 0 Å². The quantitative estimate of drug-likeness (QED) is 0.504. The third-order valence-electron chi connectivity index (χ3n) is 3.15. The van der Waals surface area contributed by atoms with Crippen molar-refractivity contribution in [3.05, 3.63) is 6.33 Å². The predicted octanol–water partition coefficient (Wildman–Crippen LogP) is -2.11. The van der Waals surface area contributed by atoms with Crippen molar-refractivity contribution in [1.82, 2.24) is 26.5 Å². The lowest BCUT2D eigenvalue weighted by Gasteiger charge is -2.23. The highest BCUT2D eigenvalue weighted by atomic mass is 32.3. The molecule has 0 bridgehead atoms. The van der Waals surface area contributed by atoms with Gasteiger partial charge in [-0.05, 0) is 12.8 Å². The van der Waals surface area contributed by atoms with Crippen molar-refractivity contribution in [1.29, 1.82) is 0 Å². The molecule has 0 aromatic carbocycles. The van der Waals surface area contributed by atoms with Crippen LogP contribution in [0.1, 0.15) is 12.8 Å². The zero-order chi connectivity index (χ0) is 18.5. The zero-order valence-corrected chi connectivity index (χ0v) is 15.9. The van der Waals surface area contributed by atoms with Gasteiger partial charge < -0.3 is 0 Å². The van der Waals surface area contributed by atoms with Crippen molar-refractivity contribution in [2.75, 3.05) is 28.2 Å². The van der Waals surface area contributed by atoms with E-state index >= 15 is 0 Å². The summed E-state index contributed by atoms with van der Waals surface area (Å²) in [4.78, 5) is 3.47. The second kappa shape index (κ2) is 5.99. The SMILES string of the molecule is CN(C)S(=O)(=O)N(C1CC1)S(=O)(=O)c1ncn(S(=O)(=O)N(C)C)n1. The van der Waals surface area contributed by atoms with E-state index < -0.39 is 41.6 Å². The largest absolute Gasteiger partial charge is 0.323 e. The van der Waals surface area contributed by atoms with Gasteiger partial charge in [-0.1, -0.05) is 3.71 Å². The van der Waals surface area contributed by atoms with E-state index in [9.17, 15) is 25.3 Å². The number of aromatic nitrogens is 3. The maximum atomic E-state index is 12.6. The molecule has 138 valence electrons. The summed E-state index contributed by atoms with van der Waals surface area (Å²) in [6.07, 6.45) is 1.46. The molecular formula is C9H18N6O6S3. The predicted molar refractivity (Wildman–Crippen MR) is 82.7 cm³/mol. The molecule has 0 radical (unpaired) electrons. The first-order chi connectivity index (χ1) is 10.8. The lowest BCUT2D eigenvalue weighted by molar-refractivity contribution is 0.442. The molecular weight excluding hydrogens is 384 g/mol. The average molecular weight is 402 g/mol. The Morgan fingerprint density at radius 1 is 1.00 bits per heavy atom. The Bertz CT molecular complexity index is 928. The van der Waals surface area contributed by atoms with Gasteiger partial charge in [0.05, 0.1) is 0 Å². The van der Waals surface area contributed by atoms with E-state index in [1.807, 2.05) is 0 Å². The Balaban J connectivity index is 2.53. The van der Waals surface area contributed by atoms with Crippen LogP contribution in [0.3, 0.4) is 0 Å². The standard InChI is InChI=1S/C9H18N6O6S3/c1-12(2)23(18,19)14-7-10-9(11-14)22(16,17)15(8-5-6-8)24(20,21)13(3)4/h7-8H,5-6H2,1-4H3. The van der Waals surface area contributed by atoms with Gasteiger partial charge in [0.15, 0.2) is 0 Å². The molecule has 1 aromatic rings. The fourth-order valence-corrected chi connectivity index (χ4v) is 6.04. The van der Waals surface area contributed by atoms with Crippen LogP contribution in [-0.2, 0) is 30.4 Å². The van der Waals surface area contributed by atoms with E-state index in [0.717, 1.165) is 8.61 Å². The molecule has 1 aliphatic rings. The first-order valence-corrected chi connectivity index (χ1v) is 10.9. The van der Waals surface area contributed by atoms with Crippen LogP contribution in [0.2, 0.25) is 0 Å². The first-order valence-electron chi connectivity index (χ1n) is 6.64. The van der Waals surface area contributed by atoms with E-state index in [0.29, 0.717) is 27.0 Å². The lowest BCUT2D eigenvalue weighted by atomic mass is 10.8. The number of hydrogen-bond donors (Lipinski definition) is 0. The third kappa shape index (κ3) is 3.18. The Kier molecular flexibility index (Phi) is 4.79. The van der Waals surface area contributed by atoms with Crippen LogP contribution < -0.4 is 0 Å². The molecule has 0 unspecified atom stereocenters. The van der Waals surface area contributed by atoms with Gasteiger partial charge in [0.25, 0.3) is 25.4 Å². The molecule has 0 saturated heterocycles. The molecule has 0 amide bonds. The first kappa shape index (κ1) is 19.2. The number of nitrogens with zero attached hydrogens (tertiary/aromatic N) is 6. The summed E-state index contributed by atoms with van der Waals surface area (Å²) >= 11 is 0. The Hall–Kier alpha value is -1.13. The van der Waals surface area contributed by atoms with Crippen molar-refractivity contribution in [3.8, 4) is 0 Å². The topological polar surface area (TPSA) is 143 Å². The molecule has 15 heteroatoms. The normalized spacial score (nSPS) is 17.1. The Morgan fingerprint density at radius 2 is 1.54 bits per heavy atom. The molecule has 0 atom stereocenters. The van der Waals surface area contributed by atoms with Gasteiger partial charge in [0.1, 0.15) is 6.33 Å². The van der Waals surface area contributed by atoms with Crippen molar-refractivity contribution in [2.24, 2.45) is 0 Å². The number of sulfonamides is 1. The molecule has 0 aliphatic heterocycles.